The topological polar surface area (TPSA) is 125 Å². The summed E-state index contributed by atoms with van der Waals surface area (Å²) in [4.78, 5) is 23.8. The van der Waals surface area contributed by atoms with Gasteiger partial charge in [0.2, 0.25) is 0 Å². The van der Waals surface area contributed by atoms with E-state index < -0.39 is 0 Å². The van der Waals surface area contributed by atoms with Gasteiger partial charge in [-0.1, -0.05) is 5.16 Å². The second-order valence-electron chi connectivity index (χ2n) is 5.80. The van der Waals surface area contributed by atoms with Crippen LogP contribution in [0.1, 0.15) is 10.5 Å². The number of aromatic hydroxyl groups is 2. The second-order valence-corrected chi connectivity index (χ2v) is 5.80. The summed E-state index contributed by atoms with van der Waals surface area (Å²) < 4.78 is 10.9. The van der Waals surface area contributed by atoms with Crippen LogP contribution in [0.25, 0.3) is 11.3 Å². The Bertz CT molecular complexity index is 995. The standard InChI is InChI=1S/C18H15N3O6/c1-21(2)18(24)13-9-16(27-20-13)17-14(23)7-11(22)8-15(17)26-12-5-3-10(19-25)4-6-12/h3-9,22-23H,1-2H3. The summed E-state index contributed by atoms with van der Waals surface area (Å²) in [6, 6.07) is 9.65. The summed E-state index contributed by atoms with van der Waals surface area (Å²) in [5, 5.41) is 26.6. The maximum Gasteiger partial charge on any atom is 0.275 e. The van der Waals surface area contributed by atoms with Crippen LogP contribution < -0.4 is 4.74 Å². The largest absolute Gasteiger partial charge is 0.508 e. The lowest BCUT2D eigenvalue weighted by Gasteiger charge is -2.11. The fraction of sp³-hybridized carbons (Fsp3) is 0.111. The molecule has 2 N–H and O–H groups in total. The molecule has 0 aliphatic carbocycles. The van der Waals surface area contributed by atoms with Gasteiger partial charge >= 0.3 is 0 Å². The smallest absolute Gasteiger partial charge is 0.275 e. The number of carbonyl (C=O) groups excluding carboxylic acids is 1. The number of hydrogen-bond acceptors (Lipinski definition) is 8. The monoisotopic (exact) mass is 369 g/mol. The maximum absolute atomic E-state index is 12.0. The fourth-order valence-electron chi connectivity index (χ4n) is 2.34. The van der Waals surface area contributed by atoms with Crippen molar-refractivity contribution in [3.63, 3.8) is 0 Å². The average molecular weight is 369 g/mol. The Balaban J connectivity index is 2.02. The average Bonchev–Trinajstić information content (AvgIpc) is 3.10. The highest BCUT2D eigenvalue weighted by atomic mass is 16.5. The number of amides is 1. The van der Waals surface area contributed by atoms with E-state index in [-0.39, 0.29) is 45.9 Å². The first-order valence-electron chi connectivity index (χ1n) is 7.75. The van der Waals surface area contributed by atoms with Crippen LogP contribution >= 0.6 is 0 Å². The molecule has 0 aliphatic rings. The van der Waals surface area contributed by atoms with Crippen LogP contribution in [0.4, 0.5) is 5.69 Å². The molecule has 0 atom stereocenters. The molecule has 0 bridgehead atoms. The quantitative estimate of drug-likeness (QED) is 0.658. The van der Waals surface area contributed by atoms with E-state index in [0.717, 1.165) is 6.07 Å². The third kappa shape index (κ3) is 3.71. The molecule has 0 saturated carbocycles. The molecule has 0 unspecified atom stereocenters. The molecule has 1 heterocycles. The van der Waals surface area contributed by atoms with Crippen molar-refractivity contribution >= 4 is 11.6 Å². The molecule has 0 fully saturated rings. The van der Waals surface area contributed by atoms with Gasteiger partial charge in [-0.05, 0) is 29.4 Å². The van der Waals surface area contributed by atoms with Crippen LogP contribution in [0.5, 0.6) is 23.0 Å². The third-order valence-electron chi connectivity index (χ3n) is 3.62. The van der Waals surface area contributed by atoms with Crippen molar-refractivity contribution in [2.75, 3.05) is 14.1 Å². The van der Waals surface area contributed by atoms with Gasteiger partial charge in [0.05, 0.1) is 0 Å². The van der Waals surface area contributed by atoms with Crippen LogP contribution in [0.2, 0.25) is 0 Å². The fourth-order valence-corrected chi connectivity index (χ4v) is 2.34. The van der Waals surface area contributed by atoms with Crippen molar-refractivity contribution in [1.82, 2.24) is 10.1 Å². The zero-order chi connectivity index (χ0) is 19.6. The number of phenolic OH excluding ortho intramolecular Hbond substituents is 2. The SMILES string of the molecule is CN(C)C(=O)c1cc(-c2c(O)cc(O)cc2Oc2ccc(N=O)cc2)on1. The minimum Gasteiger partial charge on any atom is -0.508 e. The van der Waals surface area contributed by atoms with Gasteiger partial charge in [0.15, 0.2) is 11.5 Å². The number of nitroso groups, excluding NO2 is 1. The van der Waals surface area contributed by atoms with Crippen molar-refractivity contribution in [2.45, 2.75) is 0 Å². The van der Waals surface area contributed by atoms with Gasteiger partial charge in [-0.15, -0.1) is 4.91 Å². The van der Waals surface area contributed by atoms with E-state index in [1.807, 2.05) is 0 Å². The first kappa shape index (κ1) is 17.9. The minimum absolute atomic E-state index is 0.0508. The lowest BCUT2D eigenvalue weighted by atomic mass is 10.1. The Morgan fingerprint density at radius 2 is 1.85 bits per heavy atom. The number of carbonyl (C=O) groups is 1. The molecule has 9 heteroatoms. The Kier molecular flexibility index (Phi) is 4.75. The van der Waals surface area contributed by atoms with E-state index in [9.17, 15) is 19.9 Å². The molecule has 138 valence electrons. The van der Waals surface area contributed by atoms with Gasteiger partial charge in [0.25, 0.3) is 5.91 Å². The Morgan fingerprint density at radius 3 is 2.48 bits per heavy atom. The van der Waals surface area contributed by atoms with Gasteiger partial charge in [-0.3, -0.25) is 4.79 Å². The number of benzene rings is 2. The maximum atomic E-state index is 12.0. The number of phenols is 2. The minimum atomic E-state index is -0.373. The van der Waals surface area contributed by atoms with E-state index in [1.165, 1.54) is 41.3 Å². The van der Waals surface area contributed by atoms with E-state index in [0.29, 0.717) is 5.75 Å². The van der Waals surface area contributed by atoms with Gasteiger partial charge in [0.1, 0.15) is 34.2 Å². The van der Waals surface area contributed by atoms with Gasteiger partial charge < -0.3 is 24.4 Å². The molecular formula is C18H15N3O6. The highest BCUT2D eigenvalue weighted by Crippen LogP contribution is 2.43. The van der Waals surface area contributed by atoms with Crippen LogP contribution in [-0.4, -0.2) is 40.3 Å². The number of rotatable bonds is 5. The molecule has 9 nitrogen and oxygen atoms in total. The summed E-state index contributed by atoms with van der Waals surface area (Å²) >= 11 is 0. The van der Waals surface area contributed by atoms with Crippen molar-refractivity contribution in [3.05, 3.63) is 53.1 Å². The van der Waals surface area contributed by atoms with E-state index in [4.69, 9.17) is 9.26 Å². The molecular weight excluding hydrogens is 354 g/mol. The van der Waals surface area contributed by atoms with Crippen molar-refractivity contribution in [3.8, 4) is 34.3 Å². The predicted octanol–water partition coefficient (Wildman–Crippen LogP) is 3.64. The van der Waals surface area contributed by atoms with Crippen molar-refractivity contribution < 1.29 is 24.3 Å². The molecule has 0 spiro atoms. The van der Waals surface area contributed by atoms with Crippen molar-refractivity contribution in [1.29, 1.82) is 0 Å². The summed E-state index contributed by atoms with van der Waals surface area (Å²) in [7, 11) is 3.14. The van der Waals surface area contributed by atoms with Gasteiger partial charge in [-0.2, -0.15) is 0 Å². The van der Waals surface area contributed by atoms with Crippen molar-refractivity contribution in [2.24, 2.45) is 5.18 Å². The lowest BCUT2D eigenvalue weighted by molar-refractivity contribution is 0.0817. The molecule has 1 amide bonds. The zero-order valence-electron chi connectivity index (χ0n) is 14.4. The summed E-state index contributed by atoms with van der Waals surface area (Å²) in [6.07, 6.45) is 0. The number of nitrogens with zero attached hydrogens (tertiary/aromatic N) is 3. The van der Waals surface area contributed by atoms with Crippen LogP contribution in [-0.2, 0) is 0 Å². The highest BCUT2D eigenvalue weighted by molar-refractivity contribution is 5.93. The van der Waals surface area contributed by atoms with E-state index in [1.54, 1.807) is 14.1 Å². The molecule has 0 radical (unpaired) electrons. The second kappa shape index (κ2) is 7.16. The number of ether oxygens (including phenoxy) is 1. The normalized spacial score (nSPS) is 10.4. The van der Waals surface area contributed by atoms with E-state index in [2.05, 4.69) is 10.3 Å². The molecule has 27 heavy (non-hydrogen) atoms. The Labute approximate surface area is 153 Å². The molecule has 2 aromatic carbocycles. The molecule has 3 rings (SSSR count). The molecule has 1 aromatic heterocycles. The summed E-state index contributed by atoms with van der Waals surface area (Å²) in [5.74, 6) is -0.448. The number of aromatic nitrogens is 1. The molecule has 3 aromatic rings. The first-order valence-corrected chi connectivity index (χ1v) is 7.75. The Morgan fingerprint density at radius 1 is 1.15 bits per heavy atom. The third-order valence-corrected chi connectivity index (χ3v) is 3.62. The van der Waals surface area contributed by atoms with Gasteiger partial charge in [-0.25, -0.2) is 0 Å². The Hall–Kier alpha value is -3.88. The highest BCUT2D eigenvalue weighted by Gasteiger charge is 2.22. The lowest BCUT2D eigenvalue weighted by Crippen LogP contribution is -2.21. The van der Waals surface area contributed by atoms with Crippen LogP contribution in [0, 0.1) is 4.91 Å². The number of hydrogen-bond donors (Lipinski definition) is 2. The summed E-state index contributed by atoms with van der Waals surface area (Å²) in [5.41, 5.74) is 0.383. The predicted molar refractivity (Wildman–Crippen MR) is 95.3 cm³/mol. The zero-order valence-corrected chi connectivity index (χ0v) is 14.4. The molecule has 0 saturated heterocycles. The van der Waals surface area contributed by atoms with Crippen LogP contribution in [0.3, 0.4) is 0 Å². The summed E-state index contributed by atoms with van der Waals surface area (Å²) in [6.45, 7) is 0. The van der Waals surface area contributed by atoms with Crippen LogP contribution in [0.15, 0.2) is 52.2 Å². The first-order chi connectivity index (χ1) is 12.9. The van der Waals surface area contributed by atoms with Gasteiger partial charge in [0, 0.05) is 32.3 Å². The van der Waals surface area contributed by atoms with E-state index >= 15 is 0 Å². The molecule has 0 aliphatic heterocycles.